The average molecular weight is 342 g/mol. The van der Waals surface area contributed by atoms with E-state index in [-0.39, 0.29) is 11.3 Å². The quantitative estimate of drug-likeness (QED) is 0.207. The topological polar surface area (TPSA) is 159 Å². The summed E-state index contributed by atoms with van der Waals surface area (Å²) >= 11 is 0. The van der Waals surface area contributed by atoms with E-state index in [1.54, 1.807) is 6.07 Å². The molecule has 126 valence electrons. The molecule has 2 rings (SSSR count). The van der Waals surface area contributed by atoms with Gasteiger partial charge in [0.1, 0.15) is 17.3 Å². The predicted molar refractivity (Wildman–Crippen MR) is 83.8 cm³/mol. The highest BCUT2D eigenvalue weighted by atomic mass is 16.6. The van der Waals surface area contributed by atoms with Crippen LogP contribution < -0.4 is 5.56 Å². The number of phenols is 2. The molecular formula is C15H10N4O6. The van der Waals surface area contributed by atoms with Crippen molar-refractivity contribution < 1.29 is 19.9 Å². The molecular weight excluding hydrogens is 332 g/mol. The number of hydrogen-bond acceptors (Lipinski definition) is 8. The van der Waals surface area contributed by atoms with Gasteiger partial charge in [-0.15, -0.1) is 0 Å². The summed E-state index contributed by atoms with van der Waals surface area (Å²) in [6.45, 7) is 0. The van der Waals surface area contributed by atoms with Crippen LogP contribution >= 0.6 is 0 Å². The second-order valence-corrected chi connectivity index (χ2v) is 4.84. The fraction of sp³-hybridized carbons (Fsp3) is 0.0667. The lowest BCUT2D eigenvalue weighted by molar-refractivity contribution is -0.386. The van der Waals surface area contributed by atoms with Crippen LogP contribution in [0.4, 0.5) is 5.69 Å². The molecule has 0 amide bonds. The second kappa shape index (κ2) is 6.63. The van der Waals surface area contributed by atoms with E-state index in [0.717, 1.165) is 35.0 Å². The Morgan fingerprint density at radius 3 is 2.64 bits per heavy atom. The number of aryl methyl sites for hydroxylation is 1. The molecule has 0 atom stereocenters. The molecule has 10 nitrogen and oxygen atoms in total. The highest BCUT2D eigenvalue weighted by Crippen LogP contribution is 2.36. The van der Waals surface area contributed by atoms with Gasteiger partial charge in [0.2, 0.25) is 11.5 Å². The number of rotatable bonds is 4. The van der Waals surface area contributed by atoms with Gasteiger partial charge >= 0.3 is 5.69 Å². The molecule has 1 heterocycles. The minimum atomic E-state index is -0.924. The van der Waals surface area contributed by atoms with E-state index >= 15 is 0 Å². The maximum Gasteiger partial charge on any atom is 0.315 e. The molecule has 1 aromatic carbocycles. The molecule has 0 spiro atoms. The monoisotopic (exact) mass is 342 g/mol. The summed E-state index contributed by atoms with van der Waals surface area (Å²) in [6.07, 6.45) is 1.00. The Labute approximate surface area is 139 Å². The number of carbonyl (C=O) groups is 1. The Bertz CT molecular complexity index is 1020. The number of ketones is 1. The van der Waals surface area contributed by atoms with Crippen molar-refractivity contribution in [3.8, 4) is 17.6 Å². The molecule has 2 aromatic rings. The fourth-order valence-corrected chi connectivity index (χ4v) is 1.92. The Balaban J connectivity index is 2.52. The number of nitro groups is 1. The van der Waals surface area contributed by atoms with Crippen molar-refractivity contribution in [2.75, 3.05) is 0 Å². The van der Waals surface area contributed by atoms with E-state index < -0.39 is 39.0 Å². The molecule has 0 aliphatic rings. The van der Waals surface area contributed by atoms with Crippen molar-refractivity contribution in [3.63, 3.8) is 0 Å². The molecule has 0 saturated carbocycles. The zero-order valence-corrected chi connectivity index (χ0v) is 12.7. The zero-order valence-electron chi connectivity index (χ0n) is 12.7. The molecule has 0 radical (unpaired) electrons. The van der Waals surface area contributed by atoms with Crippen LogP contribution in [0.1, 0.15) is 16.1 Å². The van der Waals surface area contributed by atoms with Gasteiger partial charge in [0.05, 0.1) is 4.92 Å². The van der Waals surface area contributed by atoms with Gasteiger partial charge in [-0.2, -0.15) is 10.4 Å². The number of aromatic hydroxyl groups is 2. The van der Waals surface area contributed by atoms with E-state index in [1.165, 1.54) is 7.05 Å². The Morgan fingerprint density at radius 1 is 1.40 bits per heavy atom. The Morgan fingerprint density at radius 2 is 2.08 bits per heavy atom. The van der Waals surface area contributed by atoms with Crippen LogP contribution in [0.2, 0.25) is 0 Å². The first kappa shape index (κ1) is 17.4. The third-order valence-electron chi connectivity index (χ3n) is 3.16. The fourth-order valence-electron chi connectivity index (χ4n) is 1.92. The maximum atomic E-state index is 12.3. The van der Waals surface area contributed by atoms with Crippen molar-refractivity contribution >= 4 is 17.5 Å². The zero-order chi connectivity index (χ0) is 18.7. The van der Waals surface area contributed by atoms with Crippen molar-refractivity contribution in [2.24, 2.45) is 7.05 Å². The van der Waals surface area contributed by atoms with Crippen molar-refractivity contribution in [1.29, 1.82) is 5.26 Å². The second-order valence-electron chi connectivity index (χ2n) is 4.84. The lowest BCUT2D eigenvalue weighted by atomic mass is 10.0. The summed E-state index contributed by atoms with van der Waals surface area (Å²) < 4.78 is 0.916. The van der Waals surface area contributed by atoms with Crippen LogP contribution in [-0.2, 0) is 7.05 Å². The number of aromatic nitrogens is 2. The summed E-state index contributed by atoms with van der Waals surface area (Å²) in [6, 6.07) is 5.74. The van der Waals surface area contributed by atoms with Gasteiger partial charge in [-0.25, -0.2) is 4.68 Å². The summed E-state index contributed by atoms with van der Waals surface area (Å²) in [7, 11) is 1.33. The van der Waals surface area contributed by atoms with Gasteiger partial charge in [0.15, 0.2) is 5.75 Å². The molecule has 0 unspecified atom stereocenters. The minimum absolute atomic E-state index is 0.0447. The lowest BCUT2D eigenvalue weighted by Crippen LogP contribution is -2.21. The van der Waals surface area contributed by atoms with Gasteiger partial charge in [0, 0.05) is 19.2 Å². The molecule has 10 heteroatoms. The van der Waals surface area contributed by atoms with E-state index in [9.17, 15) is 29.9 Å². The standard InChI is InChI=1S/C15H10N4O6/c1-18-13(21)3-2-10(17-18)14(22)9(7-16)4-8-5-11(19(24)25)15(23)12(20)6-8/h2-6,20,23H,1H3/b9-4+. The van der Waals surface area contributed by atoms with Gasteiger partial charge in [-0.05, 0) is 23.8 Å². The van der Waals surface area contributed by atoms with Gasteiger partial charge in [-0.3, -0.25) is 19.7 Å². The molecule has 0 bridgehead atoms. The summed E-state index contributed by atoms with van der Waals surface area (Å²) in [4.78, 5) is 33.5. The van der Waals surface area contributed by atoms with Crippen LogP contribution in [0.25, 0.3) is 6.08 Å². The molecule has 0 aliphatic carbocycles. The Hall–Kier alpha value is -4.00. The number of nitrogens with zero attached hydrogens (tertiary/aromatic N) is 4. The van der Waals surface area contributed by atoms with Crippen LogP contribution in [0.5, 0.6) is 11.5 Å². The van der Waals surface area contributed by atoms with Gasteiger partial charge in [-0.1, -0.05) is 0 Å². The number of nitro benzene ring substituents is 1. The van der Waals surface area contributed by atoms with Crippen LogP contribution in [0.3, 0.4) is 0 Å². The van der Waals surface area contributed by atoms with Crippen molar-refractivity contribution in [1.82, 2.24) is 9.78 Å². The van der Waals surface area contributed by atoms with E-state index in [4.69, 9.17) is 5.26 Å². The number of benzene rings is 1. The predicted octanol–water partition coefficient (Wildman–Crippen LogP) is 0.890. The van der Waals surface area contributed by atoms with Gasteiger partial charge in [0.25, 0.3) is 5.56 Å². The van der Waals surface area contributed by atoms with E-state index in [2.05, 4.69) is 5.10 Å². The lowest BCUT2D eigenvalue weighted by Gasteiger charge is -2.03. The smallest absolute Gasteiger partial charge is 0.315 e. The highest BCUT2D eigenvalue weighted by molar-refractivity contribution is 6.12. The molecule has 2 N–H and O–H groups in total. The van der Waals surface area contributed by atoms with E-state index in [1.807, 2.05) is 0 Å². The number of nitriles is 1. The number of carbonyl (C=O) groups excluding carboxylic acids is 1. The highest BCUT2D eigenvalue weighted by Gasteiger charge is 2.20. The number of allylic oxidation sites excluding steroid dienone is 1. The Kier molecular flexibility index (Phi) is 4.60. The number of phenolic OH excluding ortho intramolecular Hbond substituents is 2. The maximum absolute atomic E-state index is 12.3. The summed E-state index contributed by atoms with van der Waals surface area (Å²) in [5.74, 6) is -2.51. The molecule has 25 heavy (non-hydrogen) atoms. The molecule has 0 aliphatic heterocycles. The van der Waals surface area contributed by atoms with E-state index in [0.29, 0.717) is 0 Å². The first-order valence-corrected chi connectivity index (χ1v) is 6.65. The summed E-state index contributed by atoms with van der Waals surface area (Å²) in [5, 5.41) is 42.7. The van der Waals surface area contributed by atoms with Crippen LogP contribution in [-0.4, -0.2) is 30.7 Å². The minimum Gasteiger partial charge on any atom is -0.504 e. The first-order valence-electron chi connectivity index (χ1n) is 6.65. The molecule has 0 fully saturated rings. The normalized spacial score (nSPS) is 11.0. The third kappa shape index (κ3) is 3.50. The van der Waals surface area contributed by atoms with Gasteiger partial charge < -0.3 is 10.2 Å². The van der Waals surface area contributed by atoms with Crippen LogP contribution in [0, 0.1) is 21.4 Å². The molecule has 1 aromatic heterocycles. The largest absolute Gasteiger partial charge is 0.504 e. The summed E-state index contributed by atoms with van der Waals surface area (Å²) in [5.41, 5.74) is -1.87. The molecule has 0 saturated heterocycles. The first-order chi connectivity index (χ1) is 11.7. The third-order valence-corrected chi connectivity index (χ3v) is 3.16. The number of Topliss-reactive ketones (excluding diaryl/α,β-unsaturated/α-hetero) is 1. The van der Waals surface area contributed by atoms with Crippen molar-refractivity contribution in [3.05, 3.63) is 61.6 Å². The van der Waals surface area contributed by atoms with Crippen molar-refractivity contribution in [2.45, 2.75) is 0 Å². The number of hydrogen-bond donors (Lipinski definition) is 2. The SMILES string of the molecule is Cn1nc(C(=O)/C(C#N)=C/c2cc(O)c(O)c([N+](=O)[O-])c2)ccc1=O. The van der Waals surface area contributed by atoms with Crippen LogP contribution in [0.15, 0.2) is 34.6 Å². The average Bonchev–Trinajstić information content (AvgIpc) is 2.57.